The monoisotopic (exact) mass is 580 g/mol. The number of aliphatic hydroxyl groups is 5. The highest BCUT2D eigenvalue weighted by Crippen LogP contribution is 2.43. The van der Waals surface area contributed by atoms with Crippen molar-refractivity contribution in [2.45, 2.75) is 62.2 Å². The van der Waals surface area contributed by atoms with E-state index >= 15 is 0 Å². The molecule has 2 fully saturated rings. The van der Waals surface area contributed by atoms with Gasteiger partial charge in [0.25, 0.3) is 0 Å². The molecular weight excluding hydrogens is 552 g/mol. The Morgan fingerprint density at radius 2 is 1.51 bits per heavy atom. The molecule has 15 heteroatoms. The van der Waals surface area contributed by atoms with Crippen molar-refractivity contribution >= 4 is 11.0 Å². The molecule has 5 rings (SSSR count). The topological polar surface area (TPSA) is 249 Å². The molecule has 41 heavy (non-hydrogen) atoms. The first-order valence-electron chi connectivity index (χ1n) is 12.4. The Kier molecular flexibility index (Phi) is 7.71. The zero-order valence-corrected chi connectivity index (χ0v) is 21.3. The summed E-state index contributed by atoms with van der Waals surface area (Å²) in [5.74, 6) is -3.20. The zero-order valence-electron chi connectivity index (χ0n) is 21.3. The lowest BCUT2D eigenvalue weighted by molar-refractivity contribution is -0.333. The van der Waals surface area contributed by atoms with Gasteiger partial charge in [0.05, 0.1) is 12.7 Å². The maximum atomic E-state index is 12.7. The number of rotatable bonds is 5. The second-order valence-corrected chi connectivity index (χ2v) is 9.78. The molecule has 15 nitrogen and oxygen atoms in total. The molecule has 2 aliphatic heterocycles. The summed E-state index contributed by atoms with van der Waals surface area (Å²) in [4.78, 5) is 12.7. The maximum absolute atomic E-state index is 12.7. The summed E-state index contributed by atoms with van der Waals surface area (Å²) in [5, 5.41) is 91.2. The van der Waals surface area contributed by atoms with E-state index in [4.69, 9.17) is 23.4 Å². The summed E-state index contributed by atoms with van der Waals surface area (Å²) in [6.45, 7) is 1.01. The van der Waals surface area contributed by atoms with Gasteiger partial charge in [0.15, 0.2) is 34.7 Å². The molecule has 2 aromatic carbocycles. The largest absolute Gasteiger partial charge is 0.504 e. The standard InChI is InChI=1S/C26H28O15/c1-8-18(30)22(34)24(36)26(38-8)41-16-7-37-25(23(35)20(16)32)40-15-6-14-17(21(33)19(15)31)12(29)5-13(39-14)9-2-3-10(27)11(28)4-9/h2-6,8,16,18,20,22-28,30-36H,7H2,1H3/t8-,16+,18-,20-,22-,23-,24-,25+,26+/m0/s1. The van der Waals surface area contributed by atoms with Gasteiger partial charge < -0.3 is 69.3 Å². The van der Waals surface area contributed by atoms with Gasteiger partial charge in [0.1, 0.15) is 53.4 Å². The predicted octanol–water partition coefficient (Wildman–Crippen LogP) is -1.05. The molecule has 3 aromatic rings. The van der Waals surface area contributed by atoms with Gasteiger partial charge in [-0.1, -0.05) is 0 Å². The predicted molar refractivity (Wildman–Crippen MR) is 134 cm³/mol. The van der Waals surface area contributed by atoms with Crippen molar-refractivity contribution in [2.75, 3.05) is 6.61 Å². The lowest BCUT2D eigenvalue weighted by atomic mass is 9.99. The Morgan fingerprint density at radius 3 is 2.22 bits per heavy atom. The van der Waals surface area contributed by atoms with Gasteiger partial charge in [0.2, 0.25) is 12.0 Å². The summed E-state index contributed by atoms with van der Waals surface area (Å²) in [6, 6.07) is 5.73. The van der Waals surface area contributed by atoms with Crippen LogP contribution in [0.5, 0.6) is 28.7 Å². The Labute approximate surface area is 230 Å². The van der Waals surface area contributed by atoms with Crippen LogP contribution in [-0.2, 0) is 14.2 Å². The van der Waals surface area contributed by atoms with Gasteiger partial charge in [-0.05, 0) is 25.1 Å². The van der Waals surface area contributed by atoms with E-state index in [0.717, 1.165) is 18.2 Å². The minimum Gasteiger partial charge on any atom is -0.504 e. The lowest BCUT2D eigenvalue weighted by Crippen LogP contribution is -2.61. The molecule has 0 aliphatic carbocycles. The number of aliphatic hydroxyl groups excluding tert-OH is 5. The van der Waals surface area contributed by atoms with Crippen LogP contribution in [0, 0.1) is 0 Å². The average Bonchev–Trinajstić information content (AvgIpc) is 2.93. The third kappa shape index (κ3) is 5.25. The van der Waals surface area contributed by atoms with Crippen LogP contribution in [0.25, 0.3) is 22.3 Å². The van der Waals surface area contributed by atoms with Crippen molar-refractivity contribution in [2.24, 2.45) is 0 Å². The minimum atomic E-state index is -1.81. The van der Waals surface area contributed by atoms with Crippen LogP contribution in [0.3, 0.4) is 0 Å². The summed E-state index contributed by atoms with van der Waals surface area (Å²) in [7, 11) is 0. The van der Waals surface area contributed by atoms with Crippen molar-refractivity contribution in [1.82, 2.24) is 0 Å². The van der Waals surface area contributed by atoms with E-state index in [-0.39, 0.29) is 16.9 Å². The van der Waals surface area contributed by atoms with E-state index in [2.05, 4.69) is 0 Å². The Balaban J connectivity index is 1.36. The number of fused-ring (bicyclic) bond motifs is 1. The van der Waals surface area contributed by atoms with E-state index in [0.29, 0.717) is 0 Å². The normalized spacial score (nSPS) is 32.2. The van der Waals surface area contributed by atoms with Crippen LogP contribution < -0.4 is 10.2 Å². The number of hydrogen-bond donors (Lipinski definition) is 9. The van der Waals surface area contributed by atoms with Gasteiger partial charge in [-0.15, -0.1) is 0 Å². The van der Waals surface area contributed by atoms with E-state index < -0.39 is 101 Å². The molecule has 0 bridgehead atoms. The van der Waals surface area contributed by atoms with Crippen molar-refractivity contribution in [3.05, 3.63) is 40.6 Å². The lowest BCUT2D eigenvalue weighted by Gasteiger charge is -2.43. The van der Waals surface area contributed by atoms with Crippen molar-refractivity contribution in [3.63, 3.8) is 0 Å². The molecule has 0 saturated carbocycles. The van der Waals surface area contributed by atoms with E-state index in [1.165, 1.54) is 19.1 Å². The number of ether oxygens (including phenoxy) is 4. The fourth-order valence-corrected chi connectivity index (χ4v) is 4.59. The molecule has 9 atom stereocenters. The Bertz CT molecular complexity index is 1490. The zero-order chi connectivity index (χ0) is 29.7. The van der Waals surface area contributed by atoms with Crippen molar-refractivity contribution in [3.8, 4) is 40.1 Å². The fraction of sp³-hybridized carbons (Fsp3) is 0.423. The number of benzene rings is 2. The van der Waals surface area contributed by atoms with Crippen LogP contribution >= 0.6 is 0 Å². The van der Waals surface area contributed by atoms with Crippen LogP contribution in [0.2, 0.25) is 0 Å². The molecule has 2 aliphatic rings. The highest BCUT2D eigenvalue weighted by Gasteiger charge is 2.47. The Morgan fingerprint density at radius 1 is 0.805 bits per heavy atom. The first-order chi connectivity index (χ1) is 19.4. The van der Waals surface area contributed by atoms with Gasteiger partial charge >= 0.3 is 0 Å². The van der Waals surface area contributed by atoms with Crippen LogP contribution in [0.15, 0.2) is 39.5 Å². The first-order valence-corrected chi connectivity index (χ1v) is 12.4. The second kappa shape index (κ2) is 11.0. The summed E-state index contributed by atoms with van der Waals surface area (Å²) in [5.41, 5.74) is -0.801. The number of phenolic OH excluding ortho intramolecular Hbond substituents is 4. The molecule has 222 valence electrons. The quantitative estimate of drug-likeness (QED) is 0.163. The molecule has 1 aromatic heterocycles. The highest BCUT2D eigenvalue weighted by atomic mass is 16.7. The number of aromatic hydroxyl groups is 4. The maximum Gasteiger partial charge on any atom is 0.229 e. The highest BCUT2D eigenvalue weighted by molar-refractivity contribution is 5.89. The van der Waals surface area contributed by atoms with E-state index in [9.17, 15) is 50.8 Å². The van der Waals surface area contributed by atoms with Gasteiger partial charge in [-0.25, -0.2) is 0 Å². The molecule has 3 heterocycles. The number of hydrogen-bond acceptors (Lipinski definition) is 15. The molecule has 2 saturated heterocycles. The van der Waals surface area contributed by atoms with Crippen LogP contribution in [-0.4, -0.2) is 108 Å². The fourth-order valence-electron chi connectivity index (χ4n) is 4.59. The third-order valence-corrected chi connectivity index (χ3v) is 6.99. The van der Waals surface area contributed by atoms with Gasteiger partial charge in [-0.2, -0.15) is 0 Å². The van der Waals surface area contributed by atoms with Crippen LogP contribution in [0.1, 0.15) is 6.92 Å². The van der Waals surface area contributed by atoms with Crippen molar-refractivity contribution < 1.29 is 69.3 Å². The summed E-state index contributed by atoms with van der Waals surface area (Å²) < 4.78 is 27.4. The van der Waals surface area contributed by atoms with Gasteiger partial charge in [0, 0.05) is 17.7 Å². The first kappa shape index (κ1) is 28.8. The molecular formula is C26H28O15. The van der Waals surface area contributed by atoms with Gasteiger partial charge in [-0.3, -0.25) is 4.79 Å². The molecule has 0 spiro atoms. The smallest absolute Gasteiger partial charge is 0.229 e. The van der Waals surface area contributed by atoms with E-state index in [1.807, 2.05) is 0 Å². The van der Waals surface area contributed by atoms with Crippen molar-refractivity contribution in [1.29, 1.82) is 0 Å². The minimum absolute atomic E-state index is 0.0581. The average molecular weight is 580 g/mol. The molecule has 0 amide bonds. The SMILES string of the molecule is C[C@@H]1O[C@H](O[C@@H]2CO[C@H](Oc3cc4oc(-c5ccc(O)c(O)c5)cc(=O)c4c(O)c3O)[C@@H](O)[C@H]2O)[C@@H](O)[C@@H](O)[C@H]1O. The number of phenols is 4. The Hall–Kier alpha value is -3.67. The molecule has 0 radical (unpaired) electrons. The second-order valence-electron chi connectivity index (χ2n) is 9.78. The van der Waals surface area contributed by atoms with Crippen LogP contribution in [0.4, 0.5) is 0 Å². The molecule has 0 unspecified atom stereocenters. The third-order valence-electron chi connectivity index (χ3n) is 6.99. The van der Waals surface area contributed by atoms with E-state index in [1.54, 1.807) is 0 Å². The summed E-state index contributed by atoms with van der Waals surface area (Å²) >= 11 is 0. The molecule has 9 N–H and O–H groups in total. The summed E-state index contributed by atoms with van der Waals surface area (Å²) in [6.07, 6.45) is -13.4.